The fraction of sp³-hybridized carbons (Fsp3) is 0.348. The summed E-state index contributed by atoms with van der Waals surface area (Å²) in [5.41, 5.74) is 3.34. The van der Waals surface area contributed by atoms with Crippen LogP contribution >= 0.6 is 0 Å². The Morgan fingerprint density at radius 1 is 1.07 bits per heavy atom. The average molecular weight is 393 g/mol. The van der Waals surface area contributed by atoms with Crippen LogP contribution in [0.15, 0.2) is 48.5 Å². The number of para-hydroxylation sites is 1. The Balaban J connectivity index is 1.69. The van der Waals surface area contributed by atoms with Crippen molar-refractivity contribution in [3.8, 4) is 0 Å². The predicted octanol–water partition coefficient (Wildman–Crippen LogP) is 4.15. The molecule has 1 aliphatic heterocycles. The summed E-state index contributed by atoms with van der Waals surface area (Å²) in [5, 5.41) is 5.56. The highest BCUT2D eigenvalue weighted by Gasteiger charge is 2.36. The molecule has 1 fully saturated rings. The van der Waals surface area contributed by atoms with E-state index < -0.39 is 5.92 Å². The monoisotopic (exact) mass is 393 g/mol. The van der Waals surface area contributed by atoms with Crippen LogP contribution in [0.2, 0.25) is 0 Å². The first-order valence-electron chi connectivity index (χ1n) is 9.96. The number of hydrogen-bond acceptors (Lipinski definition) is 3. The fourth-order valence-electron chi connectivity index (χ4n) is 3.57. The number of nitrogens with one attached hydrogen (secondary N) is 2. The minimum Gasteiger partial charge on any atom is -0.326 e. The van der Waals surface area contributed by atoms with Crippen molar-refractivity contribution < 1.29 is 14.4 Å². The van der Waals surface area contributed by atoms with Crippen LogP contribution in [0.25, 0.3) is 0 Å². The molecule has 0 saturated carbocycles. The lowest BCUT2D eigenvalue weighted by atomic mass is 9.96. The molecule has 2 atom stereocenters. The van der Waals surface area contributed by atoms with Crippen molar-refractivity contribution in [2.24, 2.45) is 5.92 Å². The number of rotatable bonds is 6. The van der Waals surface area contributed by atoms with Crippen molar-refractivity contribution in [3.05, 3.63) is 54.1 Å². The molecule has 1 saturated heterocycles. The van der Waals surface area contributed by atoms with Crippen molar-refractivity contribution in [2.45, 2.75) is 39.5 Å². The minimum atomic E-state index is -0.400. The Morgan fingerprint density at radius 2 is 1.69 bits per heavy atom. The molecule has 0 spiro atoms. The SMILES string of the molecule is CC[C@@H](C)c1ccccc1N1C[C@H](C(=O)Nc2ccc(NC(C)=O)cc2)CC1=O. The van der Waals surface area contributed by atoms with Crippen LogP contribution in [-0.2, 0) is 14.4 Å². The van der Waals surface area contributed by atoms with E-state index in [1.165, 1.54) is 6.92 Å². The highest BCUT2D eigenvalue weighted by Crippen LogP contribution is 2.33. The van der Waals surface area contributed by atoms with E-state index in [1.807, 2.05) is 18.2 Å². The molecule has 152 valence electrons. The largest absolute Gasteiger partial charge is 0.326 e. The smallest absolute Gasteiger partial charge is 0.229 e. The van der Waals surface area contributed by atoms with Gasteiger partial charge in [-0.3, -0.25) is 14.4 Å². The summed E-state index contributed by atoms with van der Waals surface area (Å²) in [6.07, 6.45) is 1.18. The van der Waals surface area contributed by atoms with Crippen molar-refractivity contribution >= 4 is 34.8 Å². The molecule has 0 bridgehead atoms. The Bertz CT molecular complexity index is 908. The molecule has 1 heterocycles. The van der Waals surface area contributed by atoms with E-state index in [1.54, 1.807) is 29.2 Å². The summed E-state index contributed by atoms with van der Waals surface area (Å²) < 4.78 is 0. The molecular weight excluding hydrogens is 366 g/mol. The molecule has 0 radical (unpaired) electrons. The normalized spacial score (nSPS) is 17.1. The quantitative estimate of drug-likeness (QED) is 0.774. The second-order valence-electron chi connectivity index (χ2n) is 7.52. The van der Waals surface area contributed by atoms with Crippen LogP contribution in [0, 0.1) is 5.92 Å². The van der Waals surface area contributed by atoms with Gasteiger partial charge < -0.3 is 15.5 Å². The van der Waals surface area contributed by atoms with E-state index >= 15 is 0 Å². The average Bonchev–Trinajstić information content (AvgIpc) is 3.10. The molecule has 0 aliphatic carbocycles. The van der Waals surface area contributed by atoms with Crippen LogP contribution in [0.1, 0.15) is 45.1 Å². The maximum Gasteiger partial charge on any atom is 0.229 e. The summed E-state index contributed by atoms with van der Waals surface area (Å²) in [5.74, 6) is -0.406. The Hall–Kier alpha value is -3.15. The van der Waals surface area contributed by atoms with Gasteiger partial charge in [0.15, 0.2) is 0 Å². The number of benzene rings is 2. The first-order chi connectivity index (χ1) is 13.9. The van der Waals surface area contributed by atoms with Gasteiger partial charge >= 0.3 is 0 Å². The van der Waals surface area contributed by atoms with Crippen LogP contribution in [0.5, 0.6) is 0 Å². The maximum atomic E-state index is 12.7. The van der Waals surface area contributed by atoms with E-state index in [4.69, 9.17) is 0 Å². The van der Waals surface area contributed by atoms with Crippen molar-refractivity contribution in [2.75, 3.05) is 22.1 Å². The number of anilines is 3. The number of nitrogens with zero attached hydrogens (tertiary/aromatic N) is 1. The summed E-state index contributed by atoms with van der Waals surface area (Å²) in [7, 11) is 0. The lowest BCUT2D eigenvalue weighted by molar-refractivity contribution is -0.122. The molecule has 0 unspecified atom stereocenters. The first kappa shape index (κ1) is 20.6. The maximum absolute atomic E-state index is 12.7. The zero-order valence-electron chi connectivity index (χ0n) is 17.1. The minimum absolute atomic E-state index is 0.0260. The molecule has 3 amide bonds. The van der Waals surface area contributed by atoms with Gasteiger partial charge in [0.2, 0.25) is 17.7 Å². The van der Waals surface area contributed by atoms with Gasteiger partial charge in [-0.15, -0.1) is 0 Å². The van der Waals surface area contributed by atoms with E-state index in [2.05, 4.69) is 30.5 Å². The number of hydrogen-bond donors (Lipinski definition) is 2. The van der Waals surface area contributed by atoms with Gasteiger partial charge in [-0.2, -0.15) is 0 Å². The third kappa shape index (κ3) is 4.83. The van der Waals surface area contributed by atoms with Crippen LogP contribution in [0.3, 0.4) is 0 Å². The van der Waals surface area contributed by atoms with Gasteiger partial charge in [0.05, 0.1) is 5.92 Å². The van der Waals surface area contributed by atoms with E-state index in [9.17, 15) is 14.4 Å². The van der Waals surface area contributed by atoms with E-state index in [0.717, 1.165) is 17.7 Å². The molecule has 2 aromatic rings. The second kappa shape index (κ2) is 8.90. The van der Waals surface area contributed by atoms with Gasteiger partial charge in [0.25, 0.3) is 0 Å². The summed E-state index contributed by atoms with van der Waals surface area (Å²) >= 11 is 0. The topological polar surface area (TPSA) is 78.5 Å². The standard InChI is InChI=1S/C23H27N3O3/c1-4-15(2)20-7-5-6-8-21(20)26-14-17(13-22(26)28)23(29)25-19-11-9-18(10-12-19)24-16(3)27/h5-12,15,17H,4,13-14H2,1-3H3,(H,24,27)(H,25,29)/t15-,17-/m1/s1. The van der Waals surface area contributed by atoms with E-state index in [-0.39, 0.29) is 24.1 Å². The molecular formula is C23H27N3O3. The lowest BCUT2D eigenvalue weighted by Gasteiger charge is -2.23. The number of amides is 3. The molecule has 3 rings (SSSR count). The molecule has 1 aliphatic rings. The first-order valence-corrected chi connectivity index (χ1v) is 9.96. The zero-order chi connectivity index (χ0) is 21.0. The van der Waals surface area contributed by atoms with Gasteiger partial charge in [0, 0.05) is 37.0 Å². The highest BCUT2D eigenvalue weighted by molar-refractivity contribution is 6.04. The summed E-state index contributed by atoms with van der Waals surface area (Å²) in [4.78, 5) is 38.2. The molecule has 6 heteroatoms. The third-order valence-electron chi connectivity index (χ3n) is 5.34. The van der Waals surface area contributed by atoms with Crippen LogP contribution in [0.4, 0.5) is 17.1 Å². The van der Waals surface area contributed by atoms with Crippen molar-refractivity contribution in [3.63, 3.8) is 0 Å². The third-order valence-corrected chi connectivity index (χ3v) is 5.34. The predicted molar refractivity (Wildman–Crippen MR) is 115 cm³/mol. The highest BCUT2D eigenvalue weighted by atomic mass is 16.2. The Kier molecular flexibility index (Phi) is 6.32. The van der Waals surface area contributed by atoms with Crippen LogP contribution in [-0.4, -0.2) is 24.3 Å². The molecule has 2 aromatic carbocycles. The Morgan fingerprint density at radius 3 is 2.31 bits per heavy atom. The Labute approximate surface area is 171 Å². The zero-order valence-corrected chi connectivity index (χ0v) is 17.1. The van der Waals surface area contributed by atoms with Crippen molar-refractivity contribution in [1.29, 1.82) is 0 Å². The fourth-order valence-corrected chi connectivity index (χ4v) is 3.57. The van der Waals surface area contributed by atoms with Crippen LogP contribution < -0.4 is 15.5 Å². The summed E-state index contributed by atoms with van der Waals surface area (Å²) in [6.45, 7) is 6.09. The van der Waals surface area contributed by atoms with Gasteiger partial charge in [-0.1, -0.05) is 32.0 Å². The molecule has 2 N–H and O–H groups in total. The lowest BCUT2D eigenvalue weighted by Crippen LogP contribution is -2.29. The number of carbonyl (C=O) groups is 3. The van der Waals surface area contributed by atoms with Gasteiger partial charge in [-0.05, 0) is 48.2 Å². The molecule has 0 aromatic heterocycles. The molecule has 6 nitrogen and oxygen atoms in total. The van der Waals surface area contributed by atoms with E-state index in [0.29, 0.717) is 23.8 Å². The second-order valence-corrected chi connectivity index (χ2v) is 7.52. The van der Waals surface area contributed by atoms with Crippen molar-refractivity contribution in [1.82, 2.24) is 0 Å². The number of carbonyl (C=O) groups excluding carboxylic acids is 3. The molecule has 29 heavy (non-hydrogen) atoms. The summed E-state index contributed by atoms with van der Waals surface area (Å²) in [6, 6.07) is 14.9. The van der Waals surface area contributed by atoms with Gasteiger partial charge in [-0.25, -0.2) is 0 Å². The van der Waals surface area contributed by atoms with Gasteiger partial charge in [0.1, 0.15) is 0 Å².